The fraction of sp³-hybridized carbons (Fsp3) is 0.294. The number of fused-ring (bicyclic) bond motifs is 1. The van der Waals surface area contributed by atoms with Crippen LogP contribution in [0.2, 0.25) is 0 Å². The molecule has 0 saturated heterocycles. The summed E-state index contributed by atoms with van der Waals surface area (Å²) in [7, 11) is 2.99. The Balaban J connectivity index is 1.93. The SMILES string of the molecule is COc1ccc(C(=O)c2cc3cc(C)n(CC(O)OC)c3s2)cn1. The van der Waals surface area contributed by atoms with Gasteiger partial charge in [-0.25, -0.2) is 4.98 Å². The van der Waals surface area contributed by atoms with Crippen LogP contribution in [0.5, 0.6) is 5.88 Å². The van der Waals surface area contributed by atoms with Crippen LogP contribution in [0.25, 0.3) is 10.2 Å². The molecule has 0 aliphatic rings. The molecular formula is C17H18N2O4S. The van der Waals surface area contributed by atoms with Gasteiger partial charge in [-0.15, -0.1) is 11.3 Å². The number of hydrogen-bond acceptors (Lipinski definition) is 6. The predicted octanol–water partition coefficient (Wildman–Crippen LogP) is 2.61. The monoisotopic (exact) mass is 346 g/mol. The minimum Gasteiger partial charge on any atom is -0.481 e. The molecule has 3 aromatic heterocycles. The first-order valence-electron chi connectivity index (χ1n) is 7.38. The molecule has 24 heavy (non-hydrogen) atoms. The first-order chi connectivity index (χ1) is 11.5. The smallest absolute Gasteiger partial charge is 0.212 e. The van der Waals surface area contributed by atoms with Gasteiger partial charge in [-0.05, 0) is 25.1 Å². The van der Waals surface area contributed by atoms with Crippen LogP contribution in [0, 0.1) is 6.92 Å². The molecule has 126 valence electrons. The van der Waals surface area contributed by atoms with Crippen LogP contribution in [0.4, 0.5) is 0 Å². The van der Waals surface area contributed by atoms with Gasteiger partial charge in [0.2, 0.25) is 11.7 Å². The molecule has 0 aliphatic carbocycles. The number of ether oxygens (including phenoxy) is 2. The lowest BCUT2D eigenvalue weighted by Crippen LogP contribution is -2.17. The Kier molecular flexibility index (Phi) is 4.66. The van der Waals surface area contributed by atoms with Gasteiger partial charge in [0.25, 0.3) is 0 Å². The summed E-state index contributed by atoms with van der Waals surface area (Å²) >= 11 is 1.40. The number of methoxy groups -OCH3 is 2. The number of rotatable bonds is 6. The van der Waals surface area contributed by atoms with Gasteiger partial charge in [-0.2, -0.15) is 0 Å². The number of carbonyl (C=O) groups excluding carboxylic acids is 1. The van der Waals surface area contributed by atoms with Crippen molar-refractivity contribution in [3.8, 4) is 5.88 Å². The Labute approximate surface area is 143 Å². The van der Waals surface area contributed by atoms with E-state index >= 15 is 0 Å². The Morgan fingerprint density at radius 3 is 2.79 bits per heavy atom. The van der Waals surface area contributed by atoms with Crippen LogP contribution >= 0.6 is 11.3 Å². The quantitative estimate of drug-likeness (QED) is 0.549. The summed E-state index contributed by atoms with van der Waals surface area (Å²) in [4.78, 5) is 18.3. The first-order valence-corrected chi connectivity index (χ1v) is 8.20. The van der Waals surface area contributed by atoms with Crippen molar-refractivity contribution in [2.45, 2.75) is 19.8 Å². The number of hydrogen-bond donors (Lipinski definition) is 1. The molecule has 0 spiro atoms. The second-order valence-corrected chi connectivity index (χ2v) is 6.41. The highest BCUT2D eigenvalue weighted by Crippen LogP contribution is 2.30. The van der Waals surface area contributed by atoms with E-state index < -0.39 is 6.29 Å². The molecule has 7 heteroatoms. The summed E-state index contributed by atoms with van der Waals surface area (Å²) in [6, 6.07) is 7.23. The number of aromatic nitrogens is 2. The highest BCUT2D eigenvalue weighted by Gasteiger charge is 2.18. The molecule has 0 fully saturated rings. The lowest BCUT2D eigenvalue weighted by Gasteiger charge is -2.11. The Morgan fingerprint density at radius 1 is 1.38 bits per heavy atom. The molecule has 1 N–H and O–H groups in total. The normalized spacial score (nSPS) is 12.5. The van der Waals surface area contributed by atoms with E-state index in [1.807, 2.05) is 23.6 Å². The summed E-state index contributed by atoms with van der Waals surface area (Å²) in [5.74, 6) is 0.390. The van der Waals surface area contributed by atoms with E-state index in [-0.39, 0.29) is 5.78 Å². The fourth-order valence-corrected chi connectivity index (χ4v) is 3.69. The minimum absolute atomic E-state index is 0.0807. The molecule has 0 saturated carbocycles. The zero-order valence-electron chi connectivity index (χ0n) is 13.6. The van der Waals surface area contributed by atoms with Crippen molar-refractivity contribution >= 4 is 27.3 Å². The second-order valence-electron chi connectivity index (χ2n) is 5.38. The molecule has 0 amide bonds. The Hall–Kier alpha value is -2.22. The van der Waals surface area contributed by atoms with E-state index in [1.54, 1.807) is 12.1 Å². The molecule has 0 bridgehead atoms. The van der Waals surface area contributed by atoms with Gasteiger partial charge in [-0.1, -0.05) is 0 Å². The minimum atomic E-state index is -0.883. The van der Waals surface area contributed by atoms with Gasteiger partial charge in [0, 0.05) is 36.0 Å². The van der Waals surface area contributed by atoms with Gasteiger partial charge in [0.15, 0.2) is 6.29 Å². The average Bonchev–Trinajstić information content (AvgIpc) is 3.13. The van der Waals surface area contributed by atoms with E-state index in [9.17, 15) is 9.90 Å². The van der Waals surface area contributed by atoms with Gasteiger partial charge in [-0.3, -0.25) is 4.79 Å². The molecule has 3 heterocycles. The van der Waals surface area contributed by atoms with Crippen molar-refractivity contribution in [1.82, 2.24) is 9.55 Å². The predicted molar refractivity (Wildman–Crippen MR) is 91.8 cm³/mol. The molecule has 3 rings (SSSR count). The number of aliphatic hydroxyl groups is 1. The van der Waals surface area contributed by atoms with Crippen molar-refractivity contribution in [2.75, 3.05) is 14.2 Å². The zero-order chi connectivity index (χ0) is 17.3. The van der Waals surface area contributed by atoms with E-state index in [0.29, 0.717) is 22.9 Å². The number of carbonyl (C=O) groups is 1. The number of aryl methyl sites for hydroxylation is 1. The standard InChI is InChI=1S/C17H18N2O4S/c1-10-6-12-7-13(24-17(12)19(10)9-15(20)23-3)16(21)11-4-5-14(22-2)18-8-11/h4-8,15,20H,9H2,1-3H3. The largest absolute Gasteiger partial charge is 0.481 e. The van der Waals surface area contributed by atoms with E-state index in [0.717, 1.165) is 15.9 Å². The van der Waals surface area contributed by atoms with Crippen molar-refractivity contribution in [3.63, 3.8) is 0 Å². The number of aliphatic hydroxyl groups excluding tert-OH is 1. The maximum Gasteiger partial charge on any atom is 0.212 e. The van der Waals surface area contributed by atoms with Crippen molar-refractivity contribution in [2.24, 2.45) is 0 Å². The fourth-order valence-electron chi connectivity index (χ4n) is 2.52. The first kappa shape index (κ1) is 16.6. The van der Waals surface area contributed by atoms with Crippen LogP contribution in [0.1, 0.15) is 20.9 Å². The van der Waals surface area contributed by atoms with Gasteiger partial charge >= 0.3 is 0 Å². The van der Waals surface area contributed by atoms with Gasteiger partial charge < -0.3 is 19.1 Å². The maximum atomic E-state index is 12.6. The molecule has 1 atom stereocenters. The third kappa shape index (κ3) is 3.06. The summed E-state index contributed by atoms with van der Waals surface area (Å²) < 4.78 is 11.9. The third-order valence-corrected chi connectivity index (χ3v) is 4.99. The third-order valence-electron chi connectivity index (χ3n) is 3.82. The van der Waals surface area contributed by atoms with Crippen LogP contribution in [0.3, 0.4) is 0 Å². The molecule has 0 radical (unpaired) electrons. The summed E-state index contributed by atoms with van der Waals surface area (Å²) in [6.45, 7) is 2.29. The maximum absolute atomic E-state index is 12.6. The van der Waals surface area contributed by atoms with Crippen LogP contribution < -0.4 is 4.74 Å². The molecule has 1 unspecified atom stereocenters. The van der Waals surface area contributed by atoms with Gasteiger partial charge in [0.05, 0.1) is 18.5 Å². The summed E-state index contributed by atoms with van der Waals surface area (Å²) in [6.07, 6.45) is 0.630. The second kappa shape index (κ2) is 6.72. The van der Waals surface area contributed by atoms with E-state index in [1.165, 1.54) is 31.8 Å². The molecule has 0 aromatic carbocycles. The van der Waals surface area contributed by atoms with E-state index in [2.05, 4.69) is 4.98 Å². The van der Waals surface area contributed by atoms with Crippen LogP contribution in [0.15, 0.2) is 30.5 Å². The van der Waals surface area contributed by atoms with Crippen LogP contribution in [-0.2, 0) is 11.3 Å². The molecule has 6 nitrogen and oxygen atoms in total. The molecular weight excluding hydrogens is 328 g/mol. The van der Waals surface area contributed by atoms with Crippen LogP contribution in [-0.4, -0.2) is 41.0 Å². The number of thiophene rings is 1. The number of ketones is 1. The lowest BCUT2D eigenvalue weighted by molar-refractivity contribution is -0.0829. The average molecular weight is 346 g/mol. The lowest BCUT2D eigenvalue weighted by atomic mass is 10.1. The highest BCUT2D eigenvalue weighted by molar-refractivity contribution is 7.20. The summed E-state index contributed by atoms with van der Waals surface area (Å²) in [5, 5.41) is 10.7. The topological polar surface area (TPSA) is 73.6 Å². The van der Waals surface area contributed by atoms with Crippen molar-refractivity contribution in [1.29, 1.82) is 0 Å². The van der Waals surface area contributed by atoms with E-state index in [4.69, 9.17) is 9.47 Å². The molecule has 3 aromatic rings. The summed E-state index contributed by atoms with van der Waals surface area (Å²) in [5.41, 5.74) is 1.53. The number of nitrogens with zero attached hydrogens (tertiary/aromatic N) is 2. The zero-order valence-corrected chi connectivity index (χ0v) is 14.5. The highest BCUT2D eigenvalue weighted by atomic mass is 32.1. The van der Waals surface area contributed by atoms with Gasteiger partial charge in [0.1, 0.15) is 4.83 Å². The Bertz CT molecular complexity index is 867. The van der Waals surface area contributed by atoms with Crippen molar-refractivity contribution < 1.29 is 19.4 Å². The Morgan fingerprint density at radius 2 is 2.17 bits per heavy atom. The molecule has 0 aliphatic heterocycles. The van der Waals surface area contributed by atoms with Crippen molar-refractivity contribution in [3.05, 3.63) is 46.6 Å². The number of pyridine rings is 1.